The Balaban J connectivity index is 1.66. The van der Waals surface area contributed by atoms with Crippen LogP contribution >= 0.6 is 0 Å². The predicted molar refractivity (Wildman–Crippen MR) is 66.2 cm³/mol. The lowest BCUT2D eigenvalue weighted by Gasteiger charge is -2.41. The van der Waals surface area contributed by atoms with Crippen LogP contribution in [0.25, 0.3) is 0 Å². The van der Waals surface area contributed by atoms with Crippen molar-refractivity contribution in [3.05, 3.63) is 29.8 Å². The fourth-order valence-electron chi connectivity index (χ4n) is 2.17. The van der Waals surface area contributed by atoms with Gasteiger partial charge in [-0.3, -0.25) is 0 Å². The summed E-state index contributed by atoms with van der Waals surface area (Å²) in [6.45, 7) is 2.66. The average molecular weight is 233 g/mol. The van der Waals surface area contributed by atoms with Gasteiger partial charge in [0.25, 0.3) is 0 Å². The second-order valence-electron chi connectivity index (χ2n) is 5.08. The van der Waals surface area contributed by atoms with Crippen LogP contribution in [0.2, 0.25) is 0 Å². The largest absolute Gasteiger partial charge is 0.493 e. The van der Waals surface area contributed by atoms with Crippen LogP contribution in [-0.2, 0) is 10.3 Å². The molecular formula is C14H19NO2. The summed E-state index contributed by atoms with van der Waals surface area (Å²) in [5.41, 5.74) is 1.12. The highest BCUT2D eigenvalue weighted by atomic mass is 16.5. The Kier molecular flexibility index (Phi) is 2.81. The molecule has 1 saturated carbocycles. The van der Waals surface area contributed by atoms with E-state index in [9.17, 15) is 0 Å². The molecule has 0 amide bonds. The molecule has 1 aliphatic carbocycles. The number of hydrogen-bond acceptors (Lipinski definition) is 3. The number of methoxy groups -OCH3 is 1. The maximum atomic E-state index is 5.73. The lowest BCUT2D eigenvalue weighted by Crippen LogP contribution is -2.57. The van der Waals surface area contributed by atoms with Gasteiger partial charge in [-0.25, -0.2) is 0 Å². The van der Waals surface area contributed by atoms with Crippen LogP contribution in [0, 0.1) is 5.92 Å². The number of nitrogens with one attached hydrogen (secondary N) is 1. The topological polar surface area (TPSA) is 30.5 Å². The molecule has 0 unspecified atom stereocenters. The van der Waals surface area contributed by atoms with Crippen molar-refractivity contribution in [3.8, 4) is 5.75 Å². The minimum Gasteiger partial charge on any atom is -0.493 e. The number of hydrogen-bond donors (Lipinski definition) is 1. The van der Waals surface area contributed by atoms with E-state index in [4.69, 9.17) is 9.47 Å². The highest BCUT2D eigenvalue weighted by molar-refractivity contribution is 5.33. The monoisotopic (exact) mass is 233 g/mol. The SMILES string of the molecule is COC1(c2ccc(OCC3CC3)cc2)CNC1. The normalized spacial score (nSPS) is 21.9. The molecule has 1 N–H and O–H groups in total. The van der Waals surface area contributed by atoms with Crippen LogP contribution in [0.5, 0.6) is 5.75 Å². The molecule has 0 bridgehead atoms. The van der Waals surface area contributed by atoms with Gasteiger partial charge in [0.15, 0.2) is 0 Å². The van der Waals surface area contributed by atoms with Gasteiger partial charge in [0.2, 0.25) is 0 Å². The van der Waals surface area contributed by atoms with Crippen molar-refractivity contribution in [1.82, 2.24) is 5.32 Å². The van der Waals surface area contributed by atoms with Gasteiger partial charge < -0.3 is 14.8 Å². The molecule has 1 saturated heterocycles. The quantitative estimate of drug-likeness (QED) is 0.843. The molecule has 0 aromatic heterocycles. The van der Waals surface area contributed by atoms with Gasteiger partial charge in [-0.15, -0.1) is 0 Å². The smallest absolute Gasteiger partial charge is 0.119 e. The second-order valence-corrected chi connectivity index (χ2v) is 5.08. The number of benzene rings is 1. The summed E-state index contributed by atoms with van der Waals surface area (Å²) >= 11 is 0. The molecule has 3 rings (SSSR count). The molecule has 0 atom stereocenters. The van der Waals surface area contributed by atoms with E-state index in [-0.39, 0.29) is 5.60 Å². The summed E-state index contributed by atoms with van der Waals surface area (Å²) in [6.07, 6.45) is 2.66. The molecule has 17 heavy (non-hydrogen) atoms. The van der Waals surface area contributed by atoms with Gasteiger partial charge in [0.1, 0.15) is 11.4 Å². The Morgan fingerprint density at radius 1 is 1.24 bits per heavy atom. The maximum Gasteiger partial charge on any atom is 0.119 e. The molecule has 1 aromatic rings. The lowest BCUT2D eigenvalue weighted by atomic mass is 9.88. The maximum absolute atomic E-state index is 5.73. The molecule has 2 fully saturated rings. The van der Waals surface area contributed by atoms with E-state index in [1.165, 1.54) is 18.4 Å². The summed E-state index contributed by atoms with van der Waals surface area (Å²) in [5, 5.41) is 3.26. The molecule has 1 heterocycles. The van der Waals surface area contributed by atoms with Crippen molar-refractivity contribution in [1.29, 1.82) is 0 Å². The highest BCUT2D eigenvalue weighted by Crippen LogP contribution is 2.32. The molecule has 2 aliphatic rings. The van der Waals surface area contributed by atoms with Crippen LogP contribution in [-0.4, -0.2) is 26.8 Å². The summed E-state index contributed by atoms with van der Waals surface area (Å²) in [4.78, 5) is 0. The van der Waals surface area contributed by atoms with Crippen molar-refractivity contribution < 1.29 is 9.47 Å². The van der Waals surface area contributed by atoms with Crippen LogP contribution in [0.4, 0.5) is 0 Å². The van der Waals surface area contributed by atoms with Crippen LogP contribution < -0.4 is 10.1 Å². The third-order valence-electron chi connectivity index (χ3n) is 3.77. The molecule has 3 nitrogen and oxygen atoms in total. The second kappa shape index (κ2) is 4.31. The standard InChI is InChI=1S/C14H19NO2/c1-16-14(9-15-10-14)12-4-6-13(7-5-12)17-8-11-2-3-11/h4-7,11,15H,2-3,8-10H2,1H3. The first-order chi connectivity index (χ1) is 8.32. The number of rotatable bonds is 5. The molecule has 3 heteroatoms. The fraction of sp³-hybridized carbons (Fsp3) is 0.571. The fourth-order valence-corrected chi connectivity index (χ4v) is 2.17. The van der Waals surface area contributed by atoms with E-state index in [1.54, 1.807) is 7.11 Å². The first-order valence-corrected chi connectivity index (χ1v) is 6.32. The third kappa shape index (κ3) is 2.17. The minimum atomic E-state index is -0.116. The summed E-state index contributed by atoms with van der Waals surface area (Å²) in [7, 11) is 1.78. The van der Waals surface area contributed by atoms with Crippen molar-refractivity contribution in [3.63, 3.8) is 0 Å². The Morgan fingerprint density at radius 2 is 1.94 bits per heavy atom. The molecule has 0 radical (unpaired) electrons. The van der Waals surface area contributed by atoms with E-state index < -0.39 is 0 Å². The molecule has 1 aromatic carbocycles. The van der Waals surface area contributed by atoms with Crippen molar-refractivity contribution in [2.24, 2.45) is 5.92 Å². The molecule has 92 valence electrons. The zero-order valence-electron chi connectivity index (χ0n) is 10.2. The van der Waals surface area contributed by atoms with Crippen LogP contribution in [0.3, 0.4) is 0 Å². The van der Waals surface area contributed by atoms with Crippen LogP contribution in [0.1, 0.15) is 18.4 Å². The molecular weight excluding hydrogens is 214 g/mol. The van der Waals surface area contributed by atoms with Gasteiger partial charge in [-0.1, -0.05) is 12.1 Å². The highest BCUT2D eigenvalue weighted by Gasteiger charge is 2.38. The first kappa shape index (κ1) is 11.1. The van der Waals surface area contributed by atoms with Gasteiger partial charge >= 0.3 is 0 Å². The van der Waals surface area contributed by atoms with Gasteiger partial charge in [0, 0.05) is 20.2 Å². The van der Waals surface area contributed by atoms with Gasteiger partial charge in [-0.2, -0.15) is 0 Å². The van der Waals surface area contributed by atoms with E-state index in [0.717, 1.165) is 31.4 Å². The Labute approximate surface area is 102 Å². The number of ether oxygens (including phenoxy) is 2. The van der Waals surface area contributed by atoms with Crippen molar-refractivity contribution in [2.75, 3.05) is 26.8 Å². The minimum absolute atomic E-state index is 0.116. The van der Waals surface area contributed by atoms with Crippen molar-refractivity contribution >= 4 is 0 Å². The average Bonchev–Trinajstić information content (AvgIpc) is 3.11. The molecule has 0 spiro atoms. The Morgan fingerprint density at radius 3 is 2.41 bits per heavy atom. The zero-order chi connectivity index (χ0) is 11.7. The van der Waals surface area contributed by atoms with Crippen molar-refractivity contribution in [2.45, 2.75) is 18.4 Å². The summed E-state index contributed by atoms with van der Waals surface area (Å²) in [6, 6.07) is 8.34. The van der Waals surface area contributed by atoms with E-state index in [1.807, 2.05) is 0 Å². The zero-order valence-corrected chi connectivity index (χ0v) is 10.2. The van der Waals surface area contributed by atoms with Gasteiger partial charge in [0.05, 0.1) is 6.61 Å². The third-order valence-corrected chi connectivity index (χ3v) is 3.77. The summed E-state index contributed by atoms with van der Waals surface area (Å²) < 4.78 is 11.3. The lowest BCUT2D eigenvalue weighted by molar-refractivity contribution is -0.0565. The predicted octanol–water partition coefficient (Wildman–Crippen LogP) is 1.92. The van der Waals surface area contributed by atoms with Crippen LogP contribution in [0.15, 0.2) is 24.3 Å². The van der Waals surface area contributed by atoms with E-state index in [2.05, 4.69) is 29.6 Å². The van der Waals surface area contributed by atoms with Gasteiger partial charge in [-0.05, 0) is 36.5 Å². The Bertz CT molecular complexity index is 374. The molecule has 1 aliphatic heterocycles. The first-order valence-electron chi connectivity index (χ1n) is 6.32. The Hall–Kier alpha value is -1.06. The summed E-state index contributed by atoms with van der Waals surface area (Å²) in [5.74, 6) is 1.77. The van der Waals surface area contributed by atoms with E-state index in [0.29, 0.717) is 0 Å². The van der Waals surface area contributed by atoms with E-state index >= 15 is 0 Å².